The molecular weight excluding hydrogens is 300 g/mol. The van der Waals surface area contributed by atoms with Gasteiger partial charge in [-0.1, -0.05) is 6.07 Å². The molecule has 0 aromatic carbocycles. The van der Waals surface area contributed by atoms with Crippen LogP contribution in [0.15, 0.2) is 30.6 Å². The van der Waals surface area contributed by atoms with Crippen LogP contribution in [0, 0.1) is 5.92 Å². The van der Waals surface area contributed by atoms with Crippen molar-refractivity contribution >= 4 is 11.6 Å². The number of anilines is 2. The average molecular weight is 326 g/mol. The molecule has 0 aliphatic carbocycles. The molecular formula is C18H26N6. The third-order valence-electron chi connectivity index (χ3n) is 4.99. The van der Waals surface area contributed by atoms with Crippen molar-refractivity contribution in [3.05, 3.63) is 36.2 Å². The van der Waals surface area contributed by atoms with Crippen molar-refractivity contribution in [2.45, 2.75) is 32.4 Å². The highest BCUT2D eigenvalue weighted by molar-refractivity contribution is 5.47. The van der Waals surface area contributed by atoms with E-state index in [0.717, 1.165) is 45.1 Å². The van der Waals surface area contributed by atoms with E-state index in [0.29, 0.717) is 5.92 Å². The largest absolute Gasteiger partial charge is 0.370 e. The minimum atomic E-state index is 0.563. The molecule has 6 heteroatoms. The molecule has 6 nitrogen and oxygen atoms in total. The van der Waals surface area contributed by atoms with Crippen LogP contribution in [-0.4, -0.2) is 40.9 Å². The summed E-state index contributed by atoms with van der Waals surface area (Å²) in [6.07, 6.45) is 7.68. The highest BCUT2D eigenvalue weighted by atomic mass is 15.3. The summed E-state index contributed by atoms with van der Waals surface area (Å²) in [5.41, 5.74) is 1.31. The van der Waals surface area contributed by atoms with Crippen molar-refractivity contribution < 1.29 is 0 Å². The van der Waals surface area contributed by atoms with Gasteiger partial charge in [-0.2, -0.15) is 5.10 Å². The number of nitrogens with zero attached hydrogens (tertiary/aromatic N) is 4. The number of hydrogen-bond donors (Lipinski definition) is 2. The number of rotatable bonds is 5. The quantitative estimate of drug-likeness (QED) is 0.881. The lowest BCUT2D eigenvalue weighted by Crippen LogP contribution is -2.36. The van der Waals surface area contributed by atoms with Gasteiger partial charge in [0.15, 0.2) is 0 Å². The Labute approximate surface area is 143 Å². The number of pyridine rings is 1. The molecule has 1 saturated heterocycles. The Hall–Kier alpha value is -2.08. The van der Waals surface area contributed by atoms with Crippen LogP contribution >= 0.6 is 0 Å². The first-order valence-corrected chi connectivity index (χ1v) is 9.05. The zero-order valence-electron chi connectivity index (χ0n) is 14.1. The zero-order valence-corrected chi connectivity index (χ0v) is 14.1. The van der Waals surface area contributed by atoms with Gasteiger partial charge in [0.25, 0.3) is 0 Å². The minimum absolute atomic E-state index is 0.563. The van der Waals surface area contributed by atoms with Crippen LogP contribution in [0.25, 0.3) is 0 Å². The number of piperidine rings is 1. The van der Waals surface area contributed by atoms with Crippen molar-refractivity contribution in [1.29, 1.82) is 0 Å². The normalized spacial score (nSPS) is 20.5. The third kappa shape index (κ3) is 3.38. The van der Waals surface area contributed by atoms with Gasteiger partial charge in [-0.15, -0.1) is 0 Å². The predicted octanol–water partition coefficient (Wildman–Crippen LogP) is 2.10. The van der Waals surface area contributed by atoms with Crippen molar-refractivity contribution in [3.8, 4) is 0 Å². The Morgan fingerprint density at radius 2 is 2.08 bits per heavy atom. The summed E-state index contributed by atoms with van der Waals surface area (Å²) in [5.74, 6) is 2.86. The summed E-state index contributed by atoms with van der Waals surface area (Å²) in [5, 5.41) is 11.4. The second-order valence-electron chi connectivity index (χ2n) is 6.81. The Balaban J connectivity index is 1.33. The molecule has 2 aliphatic rings. The van der Waals surface area contributed by atoms with Crippen LogP contribution in [0.1, 0.15) is 24.8 Å². The molecule has 4 heterocycles. The van der Waals surface area contributed by atoms with Gasteiger partial charge < -0.3 is 15.5 Å². The molecule has 128 valence electrons. The molecule has 1 atom stereocenters. The third-order valence-corrected chi connectivity index (χ3v) is 4.99. The summed E-state index contributed by atoms with van der Waals surface area (Å²) in [7, 11) is 0. The van der Waals surface area contributed by atoms with E-state index < -0.39 is 0 Å². The fourth-order valence-electron chi connectivity index (χ4n) is 3.69. The predicted molar refractivity (Wildman–Crippen MR) is 96.2 cm³/mol. The van der Waals surface area contributed by atoms with Crippen LogP contribution in [-0.2, 0) is 13.1 Å². The smallest absolute Gasteiger partial charge is 0.133 e. The first kappa shape index (κ1) is 15.4. The van der Waals surface area contributed by atoms with E-state index in [1.54, 1.807) is 0 Å². The van der Waals surface area contributed by atoms with Gasteiger partial charge in [0, 0.05) is 63.0 Å². The molecule has 2 N–H and O–H groups in total. The standard InChI is InChI=1S/C18H26N6/c1-2-9-23(10-3-1)18-16(5-4-7-20-18)13-19-11-15-12-21-17-6-8-22-24(17)14-15/h4-8,15,19,21H,1-3,9-14H2/t15-/m0/s1. The molecule has 24 heavy (non-hydrogen) atoms. The summed E-state index contributed by atoms with van der Waals surface area (Å²) in [6, 6.07) is 6.28. The van der Waals surface area contributed by atoms with Gasteiger partial charge in [0.2, 0.25) is 0 Å². The molecule has 1 fully saturated rings. The summed E-state index contributed by atoms with van der Waals surface area (Å²) in [6.45, 7) is 6.12. The molecule has 2 aliphatic heterocycles. The molecule has 0 amide bonds. The summed E-state index contributed by atoms with van der Waals surface area (Å²) >= 11 is 0. The van der Waals surface area contributed by atoms with E-state index >= 15 is 0 Å². The van der Waals surface area contributed by atoms with Gasteiger partial charge >= 0.3 is 0 Å². The van der Waals surface area contributed by atoms with Gasteiger partial charge in [-0.3, -0.25) is 0 Å². The molecule has 0 spiro atoms. The van der Waals surface area contributed by atoms with Crippen molar-refractivity contribution in [2.75, 3.05) is 36.4 Å². The SMILES string of the molecule is c1cnc(N2CCCCC2)c(CNC[C@H]2CNc3ccnn3C2)c1. The average Bonchev–Trinajstić information content (AvgIpc) is 3.11. The monoisotopic (exact) mass is 326 g/mol. The molecule has 0 unspecified atom stereocenters. The molecule has 0 radical (unpaired) electrons. The van der Waals surface area contributed by atoms with E-state index in [9.17, 15) is 0 Å². The summed E-state index contributed by atoms with van der Waals surface area (Å²) in [4.78, 5) is 7.09. The Morgan fingerprint density at radius 3 is 3.00 bits per heavy atom. The minimum Gasteiger partial charge on any atom is -0.370 e. The lowest BCUT2D eigenvalue weighted by molar-refractivity contribution is 0.391. The molecule has 0 bridgehead atoms. The fourth-order valence-corrected chi connectivity index (χ4v) is 3.69. The topological polar surface area (TPSA) is 58.0 Å². The Kier molecular flexibility index (Phi) is 4.64. The first-order chi connectivity index (χ1) is 11.9. The van der Waals surface area contributed by atoms with Crippen molar-refractivity contribution in [1.82, 2.24) is 20.1 Å². The van der Waals surface area contributed by atoms with E-state index in [1.165, 1.54) is 30.6 Å². The Morgan fingerprint density at radius 1 is 1.17 bits per heavy atom. The first-order valence-electron chi connectivity index (χ1n) is 9.05. The van der Waals surface area contributed by atoms with E-state index in [4.69, 9.17) is 0 Å². The zero-order chi connectivity index (χ0) is 16.2. The number of aromatic nitrogens is 3. The maximum absolute atomic E-state index is 4.65. The lowest BCUT2D eigenvalue weighted by Gasteiger charge is -2.29. The van der Waals surface area contributed by atoms with Gasteiger partial charge in [0.1, 0.15) is 11.6 Å². The van der Waals surface area contributed by atoms with E-state index in [-0.39, 0.29) is 0 Å². The number of fused-ring (bicyclic) bond motifs is 1. The fraction of sp³-hybridized carbons (Fsp3) is 0.556. The van der Waals surface area contributed by atoms with Crippen LogP contribution in [0.3, 0.4) is 0 Å². The van der Waals surface area contributed by atoms with Crippen LogP contribution in [0.2, 0.25) is 0 Å². The highest BCUT2D eigenvalue weighted by Crippen LogP contribution is 2.22. The molecule has 0 saturated carbocycles. The van der Waals surface area contributed by atoms with Crippen LogP contribution in [0.4, 0.5) is 11.6 Å². The molecule has 2 aromatic rings. The maximum atomic E-state index is 4.65. The van der Waals surface area contributed by atoms with Crippen molar-refractivity contribution in [2.24, 2.45) is 5.92 Å². The second kappa shape index (κ2) is 7.21. The molecule has 4 rings (SSSR count). The molecule has 2 aromatic heterocycles. The second-order valence-corrected chi connectivity index (χ2v) is 6.81. The number of hydrogen-bond acceptors (Lipinski definition) is 5. The van der Waals surface area contributed by atoms with Crippen molar-refractivity contribution in [3.63, 3.8) is 0 Å². The van der Waals surface area contributed by atoms with E-state index in [1.807, 2.05) is 24.5 Å². The van der Waals surface area contributed by atoms with Gasteiger partial charge in [-0.25, -0.2) is 9.67 Å². The van der Waals surface area contributed by atoms with Gasteiger partial charge in [0.05, 0.1) is 6.20 Å². The van der Waals surface area contributed by atoms with E-state index in [2.05, 4.69) is 36.4 Å². The maximum Gasteiger partial charge on any atom is 0.133 e. The van der Waals surface area contributed by atoms with Crippen LogP contribution < -0.4 is 15.5 Å². The number of nitrogens with one attached hydrogen (secondary N) is 2. The Bertz CT molecular complexity index is 661. The highest BCUT2D eigenvalue weighted by Gasteiger charge is 2.19. The summed E-state index contributed by atoms with van der Waals surface area (Å²) < 4.78 is 2.05. The lowest BCUT2D eigenvalue weighted by atomic mass is 10.1. The van der Waals surface area contributed by atoms with Crippen LogP contribution in [0.5, 0.6) is 0 Å². The van der Waals surface area contributed by atoms with Gasteiger partial charge in [-0.05, 0) is 25.3 Å².